The third-order valence-electron chi connectivity index (χ3n) is 8.16. The number of benzene rings is 6. The normalized spacial score (nSPS) is 11.6. The molecule has 0 fully saturated rings. The molecule has 3 heterocycles. The predicted octanol–water partition coefficient (Wildman–Crippen LogP) is 10.3. The number of hydrogen-bond acceptors (Lipinski definition) is 5. The van der Waals surface area contributed by atoms with Gasteiger partial charge in [-0.15, -0.1) is 0 Å². The summed E-state index contributed by atoms with van der Waals surface area (Å²) in [6.45, 7) is 0. The van der Waals surface area contributed by atoms with Crippen molar-refractivity contribution in [3.63, 3.8) is 0 Å². The Hall–Kier alpha value is -6.07. The monoisotopic (exact) mass is 565 g/mol. The van der Waals surface area contributed by atoms with Crippen molar-refractivity contribution in [2.24, 2.45) is 0 Å². The van der Waals surface area contributed by atoms with E-state index in [-0.39, 0.29) is 0 Å². The molecule has 0 bridgehead atoms. The molecule has 6 aromatic carbocycles. The van der Waals surface area contributed by atoms with E-state index < -0.39 is 0 Å². The molecule has 0 saturated heterocycles. The van der Waals surface area contributed by atoms with E-state index in [2.05, 4.69) is 42.5 Å². The quantitative estimate of drug-likeness (QED) is 0.212. The highest BCUT2D eigenvalue weighted by Gasteiger charge is 2.19. The van der Waals surface area contributed by atoms with Crippen LogP contribution in [0.2, 0.25) is 0 Å². The molecule has 9 rings (SSSR count). The lowest BCUT2D eigenvalue weighted by molar-refractivity contribution is 0.668. The Morgan fingerprint density at radius 2 is 0.909 bits per heavy atom. The molecule has 0 atom stereocenters. The first kappa shape index (κ1) is 24.5. The van der Waals surface area contributed by atoms with Crippen LogP contribution in [-0.4, -0.2) is 15.0 Å². The van der Waals surface area contributed by atoms with Crippen LogP contribution in [0.25, 0.3) is 89.2 Å². The van der Waals surface area contributed by atoms with Crippen LogP contribution < -0.4 is 0 Å². The Labute approximate surface area is 252 Å². The molecule has 0 amide bonds. The van der Waals surface area contributed by atoms with Gasteiger partial charge in [-0.05, 0) is 47.5 Å². The van der Waals surface area contributed by atoms with E-state index >= 15 is 0 Å². The van der Waals surface area contributed by atoms with Crippen molar-refractivity contribution in [1.29, 1.82) is 0 Å². The maximum Gasteiger partial charge on any atom is 0.164 e. The summed E-state index contributed by atoms with van der Waals surface area (Å²) in [6, 6.07) is 46.9. The van der Waals surface area contributed by atoms with E-state index in [1.54, 1.807) is 0 Å². The molecule has 0 saturated carbocycles. The van der Waals surface area contributed by atoms with Gasteiger partial charge in [0.05, 0.1) is 0 Å². The maximum absolute atomic E-state index is 6.22. The fourth-order valence-corrected chi connectivity index (χ4v) is 6.12. The Morgan fingerprint density at radius 1 is 0.341 bits per heavy atom. The van der Waals surface area contributed by atoms with Gasteiger partial charge in [-0.2, -0.15) is 0 Å². The summed E-state index contributed by atoms with van der Waals surface area (Å²) in [6.07, 6.45) is 0. The van der Waals surface area contributed by atoms with Gasteiger partial charge in [0.2, 0.25) is 0 Å². The molecule has 206 valence electrons. The first-order valence-corrected chi connectivity index (χ1v) is 14.5. The van der Waals surface area contributed by atoms with Crippen LogP contribution in [-0.2, 0) is 0 Å². The SMILES string of the molecule is c1ccc(-c2nc(-c3ccc4oc5ccccc5c4c3)nc(-c3ccccc3-c3cccc4oc5ccccc5c34)n2)cc1. The zero-order valence-corrected chi connectivity index (χ0v) is 23.4. The molecular weight excluding hydrogens is 542 g/mol. The molecule has 3 aromatic heterocycles. The number of hydrogen-bond donors (Lipinski definition) is 0. The lowest BCUT2D eigenvalue weighted by Crippen LogP contribution is -2.01. The van der Waals surface area contributed by atoms with Gasteiger partial charge < -0.3 is 8.83 Å². The Morgan fingerprint density at radius 3 is 1.75 bits per heavy atom. The minimum atomic E-state index is 0.600. The number of aromatic nitrogens is 3. The summed E-state index contributed by atoms with van der Waals surface area (Å²) < 4.78 is 12.3. The smallest absolute Gasteiger partial charge is 0.164 e. The lowest BCUT2D eigenvalue weighted by atomic mass is 9.95. The number of nitrogens with zero attached hydrogens (tertiary/aromatic N) is 3. The molecule has 5 heteroatoms. The lowest BCUT2D eigenvalue weighted by Gasteiger charge is -2.13. The summed E-state index contributed by atoms with van der Waals surface area (Å²) in [7, 11) is 0. The molecule has 0 radical (unpaired) electrons. The number of rotatable bonds is 4. The molecular formula is C39H23N3O2. The van der Waals surface area contributed by atoms with Crippen LogP contribution in [0.5, 0.6) is 0 Å². The second kappa shape index (κ2) is 9.75. The van der Waals surface area contributed by atoms with E-state index in [1.165, 1.54) is 0 Å². The van der Waals surface area contributed by atoms with E-state index in [0.717, 1.165) is 71.7 Å². The highest BCUT2D eigenvalue weighted by Crippen LogP contribution is 2.40. The van der Waals surface area contributed by atoms with E-state index in [1.807, 2.05) is 97.1 Å². The standard InChI is InChI=1S/C39H23N3O2/c1-2-11-24(12-3-1)37-40-38(25-21-22-34-31(23-25)27-14-6-8-18-32(27)43-34)42-39(41-37)29-15-5-4-13-26(29)28-17-10-20-35-36(28)30-16-7-9-19-33(30)44-35/h1-23H. The zero-order chi connectivity index (χ0) is 29.0. The molecule has 44 heavy (non-hydrogen) atoms. The van der Waals surface area contributed by atoms with E-state index in [0.29, 0.717) is 17.5 Å². The minimum absolute atomic E-state index is 0.600. The van der Waals surface area contributed by atoms with Gasteiger partial charge in [0.1, 0.15) is 22.3 Å². The van der Waals surface area contributed by atoms with Crippen molar-refractivity contribution in [2.45, 2.75) is 0 Å². The van der Waals surface area contributed by atoms with Crippen LogP contribution in [0.4, 0.5) is 0 Å². The largest absolute Gasteiger partial charge is 0.456 e. The fourth-order valence-electron chi connectivity index (χ4n) is 6.12. The first-order chi connectivity index (χ1) is 21.8. The molecule has 5 nitrogen and oxygen atoms in total. The topological polar surface area (TPSA) is 65.0 Å². The Balaban J connectivity index is 1.29. The molecule has 0 aliphatic carbocycles. The summed E-state index contributed by atoms with van der Waals surface area (Å²) >= 11 is 0. The van der Waals surface area contributed by atoms with Crippen molar-refractivity contribution in [3.8, 4) is 45.3 Å². The van der Waals surface area contributed by atoms with Crippen LogP contribution in [0.15, 0.2) is 148 Å². The molecule has 0 unspecified atom stereocenters. The van der Waals surface area contributed by atoms with Crippen LogP contribution in [0, 0.1) is 0 Å². The van der Waals surface area contributed by atoms with Crippen molar-refractivity contribution >= 4 is 43.9 Å². The molecule has 0 aliphatic heterocycles. The first-order valence-electron chi connectivity index (χ1n) is 14.5. The Kier molecular flexibility index (Phi) is 5.43. The highest BCUT2D eigenvalue weighted by molar-refractivity contribution is 6.13. The van der Waals surface area contributed by atoms with Crippen LogP contribution in [0.1, 0.15) is 0 Å². The summed E-state index contributed by atoms with van der Waals surface area (Å²) in [4.78, 5) is 15.2. The Bertz CT molecular complexity index is 2510. The highest BCUT2D eigenvalue weighted by atomic mass is 16.3. The number of fused-ring (bicyclic) bond motifs is 6. The third-order valence-corrected chi connectivity index (χ3v) is 8.16. The summed E-state index contributed by atoms with van der Waals surface area (Å²) in [5, 5.41) is 4.24. The van der Waals surface area contributed by atoms with Crippen molar-refractivity contribution in [3.05, 3.63) is 140 Å². The predicted molar refractivity (Wildman–Crippen MR) is 176 cm³/mol. The van der Waals surface area contributed by atoms with Crippen molar-refractivity contribution in [1.82, 2.24) is 15.0 Å². The number of furan rings is 2. The average Bonchev–Trinajstić information content (AvgIpc) is 3.66. The minimum Gasteiger partial charge on any atom is -0.456 e. The molecule has 9 aromatic rings. The van der Waals surface area contributed by atoms with Gasteiger partial charge in [0, 0.05) is 38.2 Å². The van der Waals surface area contributed by atoms with Gasteiger partial charge in [-0.25, -0.2) is 15.0 Å². The maximum atomic E-state index is 6.22. The third kappa shape index (κ3) is 3.91. The van der Waals surface area contributed by atoms with Gasteiger partial charge >= 0.3 is 0 Å². The summed E-state index contributed by atoms with van der Waals surface area (Å²) in [5.41, 5.74) is 8.23. The second-order valence-electron chi connectivity index (χ2n) is 10.8. The molecule has 0 N–H and O–H groups in total. The van der Waals surface area contributed by atoms with Gasteiger partial charge in [0.15, 0.2) is 17.5 Å². The van der Waals surface area contributed by atoms with Gasteiger partial charge in [-0.1, -0.05) is 103 Å². The van der Waals surface area contributed by atoms with E-state index in [9.17, 15) is 0 Å². The van der Waals surface area contributed by atoms with E-state index in [4.69, 9.17) is 23.8 Å². The van der Waals surface area contributed by atoms with Crippen molar-refractivity contribution < 1.29 is 8.83 Å². The summed E-state index contributed by atoms with van der Waals surface area (Å²) in [5.74, 6) is 1.82. The molecule has 0 spiro atoms. The van der Waals surface area contributed by atoms with Gasteiger partial charge in [0.25, 0.3) is 0 Å². The van der Waals surface area contributed by atoms with Crippen molar-refractivity contribution in [2.75, 3.05) is 0 Å². The second-order valence-corrected chi connectivity index (χ2v) is 10.8. The van der Waals surface area contributed by atoms with Gasteiger partial charge in [-0.3, -0.25) is 0 Å². The fraction of sp³-hybridized carbons (Fsp3) is 0. The van der Waals surface area contributed by atoms with Crippen LogP contribution >= 0.6 is 0 Å². The zero-order valence-electron chi connectivity index (χ0n) is 23.4. The van der Waals surface area contributed by atoms with Crippen LogP contribution in [0.3, 0.4) is 0 Å². The number of para-hydroxylation sites is 2. The molecule has 0 aliphatic rings. The average molecular weight is 566 g/mol.